The first-order chi connectivity index (χ1) is 11.6. The van der Waals surface area contributed by atoms with E-state index in [0.717, 1.165) is 10.6 Å². The van der Waals surface area contributed by atoms with Gasteiger partial charge in [-0.1, -0.05) is 41.7 Å². The lowest BCUT2D eigenvalue weighted by molar-refractivity contribution is 0.414. The molecule has 2 aromatic carbocycles. The zero-order chi connectivity index (χ0) is 17.0. The second-order valence-electron chi connectivity index (χ2n) is 4.94. The van der Waals surface area contributed by atoms with Crippen LogP contribution in [0.3, 0.4) is 0 Å². The van der Waals surface area contributed by atoms with Gasteiger partial charge in [0.15, 0.2) is 0 Å². The van der Waals surface area contributed by atoms with Gasteiger partial charge in [-0.3, -0.25) is 4.72 Å². The Morgan fingerprint density at radius 2 is 1.75 bits per heavy atom. The molecule has 124 valence electrons. The summed E-state index contributed by atoms with van der Waals surface area (Å²) in [6.07, 6.45) is 0.614. The smallest absolute Gasteiger partial charge is 0.263 e. The number of nitrogens with one attached hydrogen (secondary N) is 1. The van der Waals surface area contributed by atoms with E-state index in [1.807, 2.05) is 30.3 Å². The predicted octanol–water partition coefficient (Wildman–Crippen LogP) is 2.94. The molecule has 0 amide bonds. The van der Waals surface area contributed by atoms with E-state index < -0.39 is 10.0 Å². The van der Waals surface area contributed by atoms with Crippen LogP contribution in [0.2, 0.25) is 0 Å². The number of hydrogen-bond acceptors (Lipinski definition) is 6. The first kappa shape index (κ1) is 16.4. The van der Waals surface area contributed by atoms with E-state index in [0.29, 0.717) is 12.2 Å². The number of hydrogen-bond donors (Lipinski definition) is 1. The molecule has 0 unspecified atom stereocenters. The van der Waals surface area contributed by atoms with Crippen LogP contribution in [0.25, 0.3) is 0 Å². The van der Waals surface area contributed by atoms with E-state index in [-0.39, 0.29) is 10.0 Å². The largest absolute Gasteiger partial charge is 0.497 e. The summed E-state index contributed by atoms with van der Waals surface area (Å²) in [4.78, 5) is 0.142. The number of anilines is 1. The van der Waals surface area contributed by atoms with Gasteiger partial charge in [-0.25, -0.2) is 8.42 Å². The molecule has 1 heterocycles. The van der Waals surface area contributed by atoms with Crippen LogP contribution in [-0.2, 0) is 16.4 Å². The Labute approximate surface area is 144 Å². The quantitative estimate of drug-likeness (QED) is 0.730. The molecule has 0 radical (unpaired) electrons. The van der Waals surface area contributed by atoms with E-state index in [4.69, 9.17) is 4.74 Å². The topological polar surface area (TPSA) is 81.2 Å². The van der Waals surface area contributed by atoms with Crippen LogP contribution >= 0.6 is 11.3 Å². The highest BCUT2D eigenvalue weighted by Gasteiger charge is 2.17. The Bertz CT molecular complexity index is 907. The van der Waals surface area contributed by atoms with E-state index in [1.165, 1.54) is 30.6 Å². The number of rotatable bonds is 6. The van der Waals surface area contributed by atoms with Crippen LogP contribution in [0.5, 0.6) is 5.75 Å². The number of ether oxygens (including phenoxy) is 1. The van der Waals surface area contributed by atoms with Gasteiger partial charge in [0.1, 0.15) is 10.8 Å². The van der Waals surface area contributed by atoms with Gasteiger partial charge in [-0.05, 0) is 29.8 Å². The van der Waals surface area contributed by atoms with Gasteiger partial charge in [-0.2, -0.15) is 0 Å². The van der Waals surface area contributed by atoms with Crippen LogP contribution in [-0.4, -0.2) is 25.7 Å². The van der Waals surface area contributed by atoms with Gasteiger partial charge in [-0.15, -0.1) is 10.2 Å². The highest BCUT2D eigenvalue weighted by Crippen LogP contribution is 2.23. The molecule has 3 rings (SSSR count). The van der Waals surface area contributed by atoms with E-state index in [2.05, 4.69) is 14.9 Å². The number of aromatic nitrogens is 2. The van der Waals surface area contributed by atoms with Crippen molar-refractivity contribution in [2.24, 2.45) is 0 Å². The summed E-state index contributed by atoms with van der Waals surface area (Å²) in [5.74, 6) is 0.593. The molecule has 0 aliphatic heterocycles. The molecule has 8 heteroatoms. The monoisotopic (exact) mass is 361 g/mol. The van der Waals surface area contributed by atoms with Gasteiger partial charge in [0.05, 0.1) is 12.0 Å². The third-order valence-electron chi connectivity index (χ3n) is 3.26. The van der Waals surface area contributed by atoms with Gasteiger partial charge >= 0.3 is 0 Å². The average Bonchev–Trinajstić information content (AvgIpc) is 3.02. The molecule has 0 saturated heterocycles. The molecule has 1 N–H and O–H groups in total. The number of benzene rings is 2. The Morgan fingerprint density at radius 1 is 1.04 bits per heavy atom. The summed E-state index contributed by atoms with van der Waals surface area (Å²) in [6.45, 7) is 0. The van der Waals surface area contributed by atoms with Gasteiger partial charge in [0.25, 0.3) is 10.0 Å². The molecule has 0 aliphatic carbocycles. The Kier molecular flexibility index (Phi) is 4.77. The second-order valence-corrected chi connectivity index (χ2v) is 7.69. The number of nitrogens with zero attached hydrogens (tertiary/aromatic N) is 2. The summed E-state index contributed by atoms with van der Waals surface area (Å²) in [5, 5.41) is 8.94. The van der Waals surface area contributed by atoms with Crippen LogP contribution in [0.1, 0.15) is 10.6 Å². The maximum atomic E-state index is 12.4. The van der Waals surface area contributed by atoms with Crippen molar-refractivity contribution in [3.63, 3.8) is 0 Å². The first-order valence-corrected chi connectivity index (χ1v) is 9.40. The molecule has 0 fully saturated rings. The molecule has 1 aromatic heterocycles. The highest BCUT2D eigenvalue weighted by molar-refractivity contribution is 7.93. The molecular weight excluding hydrogens is 346 g/mol. The minimum Gasteiger partial charge on any atom is -0.497 e. The van der Waals surface area contributed by atoms with Crippen LogP contribution < -0.4 is 9.46 Å². The Morgan fingerprint density at radius 3 is 2.42 bits per heavy atom. The molecular formula is C16H15N3O3S2. The number of methoxy groups -OCH3 is 1. The predicted molar refractivity (Wildman–Crippen MR) is 93.0 cm³/mol. The third-order valence-corrected chi connectivity index (χ3v) is 5.58. The van der Waals surface area contributed by atoms with Crippen molar-refractivity contribution in [3.05, 3.63) is 65.2 Å². The lowest BCUT2D eigenvalue weighted by Crippen LogP contribution is -2.12. The van der Waals surface area contributed by atoms with Crippen molar-refractivity contribution in [2.45, 2.75) is 11.3 Å². The Hall–Kier alpha value is -2.45. The molecule has 0 spiro atoms. The zero-order valence-corrected chi connectivity index (χ0v) is 14.5. The molecule has 0 aliphatic rings. The fraction of sp³-hybridized carbons (Fsp3) is 0.125. The first-order valence-electron chi connectivity index (χ1n) is 7.10. The van der Waals surface area contributed by atoms with Crippen molar-refractivity contribution >= 4 is 26.5 Å². The van der Waals surface area contributed by atoms with Gasteiger partial charge in [0.2, 0.25) is 5.13 Å². The van der Waals surface area contributed by atoms with Crippen LogP contribution in [0, 0.1) is 0 Å². The molecule has 0 saturated carbocycles. The van der Waals surface area contributed by atoms with Gasteiger partial charge in [0, 0.05) is 6.42 Å². The van der Waals surface area contributed by atoms with Crippen molar-refractivity contribution in [1.29, 1.82) is 0 Å². The molecule has 0 bridgehead atoms. The summed E-state index contributed by atoms with van der Waals surface area (Å²) in [6, 6.07) is 16.0. The van der Waals surface area contributed by atoms with E-state index in [9.17, 15) is 8.42 Å². The minimum atomic E-state index is -3.70. The van der Waals surface area contributed by atoms with Crippen LogP contribution in [0.15, 0.2) is 59.5 Å². The third kappa shape index (κ3) is 3.90. The molecule has 6 nitrogen and oxygen atoms in total. The number of sulfonamides is 1. The van der Waals surface area contributed by atoms with Crippen molar-refractivity contribution in [2.75, 3.05) is 11.8 Å². The Balaban J connectivity index is 1.73. The van der Waals surface area contributed by atoms with Crippen LogP contribution in [0.4, 0.5) is 5.13 Å². The molecule has 0 atom stereocenters. The van der Waals surface area contributed by atoms with Crippen molar-refractivity contribution in [1.82, 2.24) is 10.2 Å². The fourth-order valence-electron chi connectivity index (χ4n) is 2.07. The average molecular weight is 361 g/mol. The molecule has 24 heavy (non-hydrogen) atoms. The maximum absolute atomic E-state index is 12.4. The SMILES string of the molecule is COc1ccc(S(=O)(=O)Nc2nnc(Cc3ccccc3)s2)cc1. The molecule has 3 aromatic rings. The maximum Gasteiger partial charge on any atom is 0.263 e. The summed E-state index contributed by atoms with van der Waals surface area (Å²) < 4.78 is 32.2. The van der Waals surface area contributed by atoms with E-state index in [1.54, 1.807) is 12.1 Å². The lowest BCUT2D eigenvalue weighted by Gasteiger charge is -2.05. The minimum absolute atomic E-state index is 0.142. The fourth-order valence-corrected chi connectivity index (χ4v) is 4.07. The summed E-state index contributed by atoms with van der Waals surface area (Å²) in [7, 11) is -2.17. The van der Waals surface area contributed by atoms with Crippen molar-refractivity contribution in [3.8, 4) is 5.75 Å². The normalized spacial score (nSPS) is 11.2. The summed E-state index contributed by atoms with van der Waals surface area (Å²) >= 11 is 1.22. The van der Waals surface area contributed by atoms with Gasteiger partial charge < -0.3 is 4.74 Å². The van der Waals surface area contributed by atoms with Crippen molar-refractivity contribution < 1.29 is 13.2 Å². The standard InChI is InChI=1S/C16H15N3O3S2/c1-22-13-7-9-14(10-8-13)24(20,21)19-16-18-17-15(23-16)11-12-5-3-2-4-6-12/h2-10H,11H2,1H3,(H,18,19). The zero-order valence-electron chi connectivity index (χ0n) is 12.8. The summed E-state index contributed by atoms with van der Waals surface area (Å²) in [5.41, 5.74) is 1.10. The van der Waals surface area contributed by atoms with E-state index >= 15 is 0 Å². The highest BCUT2D eigenvalue weighted by atomic mass is 32.2. The second kappa shape index (κ2) is 6.98. The lowest BCUT2D eigenvalue weighted by atomic mass is 10.2.